The predicted octanol–water partition coefficient (Wildman–Crippen LogP) is 2.40. The van der Waals surface area contributed by atoms with E-state index in [4.69, 9.17) is 9.68 Å². The summed E-state index contributed by atoms with van der Waals surface area (Å²) in [6.07, 6.45) is 3.31. The number of hydrogen-bond donors (Lipinski definition) is 1. The quantitative estimate of drug-likeness (QED) is 0.871. The number of pyridine rings is 1. The van der Waals surface area contributed by atoms with Crippen LogP contribution in [0.3, 0.4) is 0 Å². The molecule has 0 aromatic carbocycles. The zero-order valence-electron chi connectivity index (χ0n) is 9.55. The Hall–Kier alpha value is -2.12. The number of nitrogens with zero attached hydrogens (tertiary/aromatic N) is 2. The van der Waals surface area contributed by atoms with Crippen LogP contribution in [-0.4, -0.2) is 4.98 Å². The summed E-state index contributed by atoms with van der Waals surface area (Å²) in [4.78, 5) is 3.93. The van der Waals surface area contributed by atoms with Gasteiger partial charge in [0.15, 0.2) is 0 Å². The molecule has 2 heterocycles. The Morgan fingerprint density at radius 3 is 3.12 bits per heavy atom. The van der Waals surface area contributed by atoms with Crippen molar-refractivity contribution in [3.63, 3.8) is 0 Å². The molecule has 17 heavy (non-hydrogen) atoms. The van der Waals surface area contributed by atoms with Gasteiger partial charge in [-0.25, -0.2) is 4.98 Å². The molecule has 0 fully saturated rings. The highest BCUT2D eigenvalue weighted by Crippen LogP contribution is 2.13. The molecule has 0 spiro atoms. The molecule has 0 bridgehead atoms. The summed E-state index contributed by atoms with van der Waals surface area (Å²) in [7, 11) is 0. The van der Waals surface area contributed by atoms with Gasteiger partial charge in [-0.05, 0) is 36.8 Å². The van der Waals surface area contributed by atoms with E-state index in [2.05, 4.69) is 10.3 Å². The molecular weight excluding hydrogens is 214 g/mol. The monoisotopic (exact) mass is 227 g/mol. The minimum absolute atomic E-state index is 0.142. The highest BCUT2D eigenvalue weighted by Gasteiger charge is 2.07. The van der Waals surface area contributed by atoms with Crippen LogP contribution in [0.25, 0.3) is 0 Å². The van der Waals surface area contributed by atoms with Crippen LogP contribution in [0.4, 0.5) is 0 Å². The molecule has 0 aliphatic heterocycles. The van der Waals surface area contributed by atoms with Crippen LogP contribution < -0.4 is 5.32 Å². The van der Waals surface area contributed by atoms with Crippen molar-refractivity contribution in [3.8, 4) is 6.07 Å². The predicted molar refractivity (Wildman–Crippen MR) is 62.9 cm³/mol. The van der Waals surface area contributed by atoms with Gasteiger partial charge in [0.2, 0.25) is 0 Å². The number of aromatic nitrogens is 1. The summed E-state index contributed by atoms with van der Waals surface area (Å²) in [5.41, 5.74) is 1.48. The van der Waals surface area contributed by atoms with E-state index in [1.807, 2.05) is 31.2 Å². The Morgan fingerprint density at radius 2 is 2.41 bits per heavy atom. The van der Waals surface area contributed by atoms with Gasteiger partial charge in [0.25, 0.3) is 0 Å². The van der Waals surface area contributed by atoms with Crippen LogP contribution in [0.1, 0.15) is 30.0 Å². The van der Waals surface area contributed by atoms with Crippen molar-refractivity contribution in [2.24, 2.45) is 0 Å². The fourth-order valence-electron chi connectivity index (χ4n) is 1.55. The lowest BCUT2D eigenvalue weighted by Crippen LogP contribution is -2.17. The van der Waals surface area contributed by atoms with E-state index >= 15 is 0 Å². The molecule has 0 saturated carbocycles. The van der Waals surface area contributed by atoms with Crippen LogP contribution in [-0.2, 0) is 6.54 Å². The molecule has 2 aromatic rings. The van der Waals surface area contributed by atoms with Crippen LogP contribution in [0.2, 0.25) is 0 Å². The van der Waals surface area contributed by atoms with Crippen molar-refractivity contribution in [3.05, 3.63) is 53.7 Å². The van der Waals surface area contributed by atoms with E-state index in [1.54, 1.807) is 18.5 Å². The second kappa shape index (κ2) is 5.28. The number of rotatable bonds is 4. The Balaban J connectivity index is 1.96. The highest BCUT2D eigenvalue weighted by molar-refractivity contribution is 5.25. The maximum absolute atomic E-state index is 8.74. The smallest absolute Gasteiger partial charge is 0.140 e. The van der Waals surface area contributed by atoms with Crippen molar-refractivity contribution in [2.75, 3.05) is 0 Å². The lowest BCUT2D eigenvalue weighted by atomic mass is 10.2. The van der Waals surface area contributed by atoms with Crippen molar-refractivity contribution in [2.45, 2.75) is 19.5 Å². The Bertz CT molecular complexity index is 514. The first-order valence-corrected chi connectivity index (χ1v) is 5.41. The fraction of sp³-hybridized carbons (Fsp3) is 0.231. The molecule has 86 valence electrons. The minimum atomic E-state index is 0.142. The summed E-state index contributed by atoms with van der Waals surface area (Å²) in [5, 5.41) is 12.1. The number of furan rings is 1. The van der Waals surface area contributed by atoms with E-state index in [1.165, 1.54) is 0 Å². The van der Waals surface area contributed by atoms with Crippen LogP contribution >= 0.6 is 0 Å². The summed E-state index contributed by atoms with van der Waals surface area (Å²) in [5.74, 6) is 0.902. The maximum atomic E-state index is 8.74. The molecule has 0 amide bonds. The largest absolute Gasteiger partial charge is 0.468 e. The van der Waals surface area contributed by atoms with E-state index in [0.29, 0.717) is 12.2 Å². The second-order valence-corrected chi connectivity index (χ2v) is 3.78. The molecule has 1 unspecified atom stereocenters. The van der Waals surface area contributed by atoms with Crippen molar-refractivity contribution in [1.29, 1.82) is 5.26 Å². The standard InChI is InChI=1S/C13H13N3O/c1-10(13-3-2-6-17-13)16-9-11-4-5-15-12(7-11)8-14/h2-7,10,16H,9H2,1H3. The molecule has 0 saturated heterocycles. The summed E-state index contributed by atoms with van der Waals surface area (Å²) < 4.78 is 5.30. The molecule has 0 radical (unpaired) electrons. The molecule has 1 N–H and O–H groups in total. The Morgan fingerprint density at radius 1 is 1.53 bits per heavy atom. The van der Waals surface area contributed by atoms with E-state index in [9.17, 15) is 0 Å². The number of nitrogens with one attached hydrogen (secondary N) is 1. The van der Waals surface area contributed by atoms with Crippen molar-refractivity contribution >= 4 is 0 Å². The van der Waals surface area contributed by atoms with Crippen LogP contribution in [0, 0.1) is 11.3 Å². The molecule has 4 heteroatoms. The molecule has 2 aromatic heterocycles. The first-order valence-electron chi connectivity index (χ1n) is 5.41. The number of hydrogen-bond acceptors (Lipinski definition) is 4. The van der Waals surface area contributed by atoms with Gasteiger partial charge in [-0.1, -0.05) is 0 Å². The summed E-state index contributed by atoms with van der Waals surface area (Å²) in [6.45, 7) is 2.71. The Kier molecular flexibility index (Phi) is 3.53. The van der Waals surface area contributed by atoms with Crippen molar-refractivity contribution in [1.82, 2.24) is 10.3 Å². The Labute approximate surface area is 99.9 Å². The van der Waals surface area contributed by atoms with Gasteiger partial charge >= 0.3 is 0 Å². The van der Waals surface area contributed by atoms with Gasteiger partial charge in [-0.3, -0.25) is 0 Å². The van der Waals surface area contributed by atoms with E-state index in [0.717, 1.165) is 11.3 Å². The van der Waals surface area contributed by atoms with Crippen LogP contribution in [0.5, 0.6) is 0 Å². The molecule has 0 aliphatic rings. The average Bonchev–Trinajstić information content (AvgIpc) is 2.90. The summed E-state index contributed by atoms with van der Waals surface area (Å²) >= 11 is 0. The zero-order valence-corrected chi connectivity index (χ0v) is 9.55. The third kappa shape index (κ3) is 2.92. The first-order chi connectivity index (χ1) is 8.29. The lowest BCUT2D eigenvalue weighted by Gasteiger charge is -2.11. The van der Waals surface area contributed by atoms with Crippen molar-refractivity contribution < 1.29 is 4.42 Å². The van der Waals surface area contributed by atoms with Gasteiger partial charge in [0, 0.05) is 12.7 Å². The lowest BCUT2D eigenvalue weighted by molar-refractivity contribution is 0.430. The third-order valence-electron chi connectivity index (χ3n) is 2.52. The van der Waals surface area contributed by atoms with Gasteiger partial charge in [-0.2, -0.15) is 5.26 Å². The topological polar surface area (TPSA) is 61.9 Å². The molecule has 2 rings (SSSR count). The SMILES string of the molecule is CC(NCc1ccnc(C#N)c1)c1ccco1. The number of nitriles is 1. The maximum Gasteiger partial charge on any atom is 0.140 e. The van der Waals surface area contributed by atoms with Gasteiger partial charge in [0.1, 0.15) is 17.5 Å². The normalized spacial score (nSPS) is 12.0. The van der Waals surface area contributed by atoms with E-state index < -0.39 is 0 Å². The minimum Gasteiger partial charge on any atom is -0.468 e. The second-order valence-electron chi connectivity index (χ2n) is 3.78. The molecule has 0 aliphatic carbocycles. The zero-order chi connectivity index (χ0) is 12.1. The average molecular weight is 227 g/mol. The molecule has 4 nitrogen and oxygen atoms in total. The van der Waals surface area contributed by atoms with E-state index in [-0.39, 0.29) is 6.04 Å². The summed E-state index contributed by atoms with van der Waals surface area (Å²) in [6, 6.07) is 9.64. The molecule has 1 atom stereocenters. The highest BCUT2D eigenvalue weighted by atomic mass is 16.3. The van der Waals surface area contributed by atoms with Crippen LogP contribution in [0.15, 0.2) is 41.1 Å². The van der Waals surface area contributed by atoms with Gasteiger partial charge in [0.05, 0.1) is 12.3 Å². The molecular formula is C13H13N3O. The van der Waals surface area contributed by atoms with Gasteiger partial charge in [-0.15, -0.1) is 0 Å². The fourth-order valence-corrected chi connectivity index (χ4v) is 1.55. The van der Waals surface area contributed by atoms with Gasteiger partial charge < -0.3 is 9.73 Å². The third-order valence-corrected chi connectivity index (χ3v) is 2.52. The first kappa shape index (κ1) is 11.4.